The third kappa shape index (κ3) is 3.34. The molecule has 4 saturated carbocycles. The van der Waals surface area contributed by atoms with Gasteiger partial charge in [0.2, 0.25) is 0 Å². The molecule has 4 aliphatic carbocycles. The SMILES string of the molecule is O=S(=O)(CC12CC3CC(CC(C3)C1)C2)c1c(F)c(F)c(SOO[O-])c(F)c1F. The number of rotatable bonds is 6. The molecule has 1 aromatic carbocycles. The van der Waals surface area contributed by atoms with E-state index in [1.54, 1.807) is 0 Å². The van der Waals surface area contributed by atoms with Crippen LogP contribution >= 0.6 is 12.0 Å². The predicted octanol–water partition coefficient (Wildman–Crippen LogP) is 3.46. The van der Waals surface area contributed by atoms with Crippen molar-refractivity contribution in [1.82, 2.24) is 0 Å². The molecule has 0 heterocycles. The molecule has 0 saturated heterocycles. The zero-order valence-electron chi connectivity index (χ0n) is 14.6. The molecule has 0 aliphatic heterocycles. The molecule has 4 bridgehead atoms. The lowest BCUT2D eigenvalue weighted by atomic mass is 9.50. The average Bonchev–Trinajstić information content (AvgIpc) is 2.58. The van der Waals surface area contributed by atoms with Crippen molar-refractivity contribution >= 4 is 21.9 Å². The molecule has 11 heteroatoms. The monoisotopic (exact) mass is 441 g/mol. The normalized spacial score (nSPS) is 31.5. The molecule has 5 nitrogen and oxygen atoms in total. The summed E-state index contributed by atoms with van der Waals surface area (Å²) in [4.78, 5) is -2.94. The van der Waals surface area contributed by atoms with Gasteiger partial charge >= 0.3 is 0 Å². The van der Waals surface area contributed by atoms with Gasteiger partial charge in [-0.2, -0.15) is 4.33 Å². The summed E-state index contributed by atoms with van der Waals surface area (Å²) in [7, 11) is -4.64. The topological polar surface area (TPSA) is 75.7 Å². The second-order valence-corrected chi connectivity index (χ2v) is 10.9. The Morgan fingerprint density at radius 3 is 1.82 bits per heavy atom. The molecule has 0 N–H and O–H groups in total. The van der Waals surface area contributed by atoms with Gasteiger partial charge in [0.15, 0.2) is 33.1 Å². The van der Waals surface area contributed by atoms with Crippen LogP contribution in [0.5, 0.6) is 0 Å². The van der Waals surface area contributed by atoms with Gasteiger partial charge in [-0.15, -0.1) is 0 Å². The molecule has 156 valence electrons. The third-order valence-corrected chi connectivity index (χ3v) is 8.92. The fourth-order valence-corrected chi connectivity index (χ4v) is 8.38. The molecule has 0 spiro atoms. The first kappa shape index (κ1) is 20.4. The molecule has 1 aromatic rings. The van der Waals surface area contributed by atoms with E-state index in [-0.39, 0.29) is 12.0 Å². The Kier molecular flexibility index (Phi) is 5.18. The van der Waals surface area contributed by atoms with Gasteiger partial charge in [0.05, 0.1) is 17.8 Å². The van der Waals surface area contributed by atoms with Crippen molar-refractivity contribution in [1.29, 1.82) is 0 Å². The van der Waals surface area contributed by atoms with Crippen molar-refractivity contribution < 1.29 is 40.6 Å². The Hall–Kier alpha value is -0.880. The van der Waals surface area contributed by atoms with Crippen LogP contribution in [0.2, 0.25) is 0 Å². The van der Waals surface area contributed by atoms with Crippen molar-refractivity contribution in [2.24, 2.45) is 23.2 Å². The summed E-state index contributed by atoms with van der Waals surface area (Å²) < 4.78 is 86.6. The first-order chi connectivity index (χ1) is 13.2. The zero-order chi connectivity index (χ0) is 20.3. The van der Waals surface area contributed by atoms with Crippen molar-refractivity contribution in [3.8, 4) is 0 Å². The van der Waals surface area contributed by atoms with E-state index in [4.69, 9.17) is 0 Å². The fourth-order valence-electron chi connectivity index (χ4n) is 5.93. The van der Waals surface area contributed by atoms with E-state index in [1.807, 2.05) is 0 Å². The smallest absolute Gasteiger partial charge is 0.184 e. The molecule has 4 aliphatic rings. The quantitative estimate of drug-likeness (QED) is 0.221. The second-order valence-electron chi connectivity index (χ2n) is 8.31. The summed E-state index contributed by atoms with van der Waals surface area (Å²) in [6, 6.07) is 0. The van der Waals surface area contributed by atoms with Crippen LogP contribution in [0.3, 0.4) is 0 Å². The maximum absolute atomic E-state index is 14.4. The second kappa shape index (κ2) is 7.12. The number of benzene rings is 1. The number of halogens is 4. The molecule has 5 rings (SSSR count). The minimum atomic E-state index is -4.64. The predicted molar refractivity (Wildman–Crippen MR) is 87.0 cm³/mol. The number of hydrogen-bond acceptors (Lipinski definition) is 6. The van der Waals surface area contributed by atoms with Crippen LogP contribution in [0.4, 0.5) is 17.6 Å². The lowest BCUT2D eigenvalue weighted by molar-refractivity contribution is -0.777. The van der Waals surface area contributed by atoms with E-state index in [1.165, 1.54) is 0 Å². The van der Waals surface area contributed by atoms with Crippen LogP contribution < -0.4 is 5.26 Å². The third-order valence-electron chi connectivity index (χ3n) is 6.30. The summed E-state index contributed by atoms with van der Waals surface area (Å²) in [5.41, 5.74) is -0.605. The highest BCUT2D eigenvalue weighted by molar-refractivity contribution is 7.94. The van der Waals surface area contributed by atoms with E-state index < -0.39 is 54.1 Å². The summed E-state index contributed by atoms with van der Waals surface area (Å²) in [5, 5.41) is 12.7. The minimum Gasteiger partial charge on any atom is -0.691 e. The lowest BCUT2D eigenvalue weighted by Gasteiger charge is -2.56. The van der Waals surface area contributed by atoms with Gasteiger partial charge < -0.3 is 5.26 Å². The first-order valence-electron chi connectivity index (χ1n) is 8.87. The van der Waals surface area contributed by atoms with Crippen molar-refractivity contribution in [2.75, 3.05) is 5.75 Å². The van der Waals surface area contributed by atoms with E-state index in [0.717, 1.165) is 19.3 Å². The standard InChI is InChI=1S/C17H18F4O5S2/c18-11-13(20)16(14(21)12(19)15(11)27-26-25-22)28(23,24)7-17-4-8-1-9(5-17)3-10(2-8)6-17/h8-10,22H,1-7H2/p-1. The van der Waals surface area contributed by atoms with Crippen LogP contribution in [0.1, 0.15) is 38.5 Å². The Labute approximate surface area is 163 Å². The maximum Gasteiger partial charge on any atom is 0.184 e. The molecule has 0 aromatic heterocycles. The molecular weight excluding hydrogens is 424 g/mol. The van der Waals surface area contributed by atoms with Gasteiger partial charge in [-0.25, -0.2) is 26.0 Å². The summed E-state index contributed by atoms with van der Waals surface area (Å²) in [6.07, 6.45) is 5.07. The Morgan fingerprint density at radius 2 is 1.39 bits per heavy atom. The van der Waals surface area contributed by atoms with Crippen LogP contribution in [0.15, 0.2) is 9.79 Å². The van der Waals surface area contributed by atoms with Crippen molar-refractivity contribution in [2.45, 2.75) is 48.3 Å². The van der Waals surface area contributed by atoms with E-state index in [2.05, 4.69) is 9.37 Å². The number of hydrogen-bond donors (Lipinski definition) is 0. The van der Waals surface area contributed by atoms with Crippen LogP contribution in [-0.2, 0) is 19.2 Å². The van der Waals surface area contributed by atoms with Crippen LogP contribution in [0.25, 0.3) is 0 Å². The molecule has 28 heavy (non-hydrogen) atoms. The first-order valence-corrected chi connectivity index (χ1v) is 11.3. The van der Waals surface area contributed by atoms with Crippen molar-refractivity contribution in [3.05, 3.63) is 23.3 Å². The Bertz CT molecular complexity index is 841. The van der Waals surface area contributed by atoms with Gasteiger partial charge in [0, 0.05) is 0 Å². The highest BCUT2D eigenvalue weighted by atomic mass is 32.2. The van der Waals surface area contributed by atoms with Gasteiger partial charge in [0.1, 0.15) is 9.79 Å². The van der Waals surface area contributed by atoms with Gasteiger partial charge in [0.25, 0.3) is 0 Å². The van der Waals surface area contributed by atoms with Gasteiger partial charge in [-0.1, -0.05) is 0 Å². The lowest BCUT2D eigenvalue weighted by Crippen LogP contribution is -2.49. The van der Waals surface area contributed by atoms with Gasteiger partial charge in [-0.3, -0.25) is 5.04 Å². The molecule has 0 atom stereocenters. The van der Waals surface area contributed by atoms with Crippen molar-refractivity contribution in [3.63, 3.8) is 0 Å². The van der Waals surface area contributed by atoms with Crippen LogP contribution in [-0.4, -0.2) is 14.2 Å². The summed E-state index contributed by atoms with van der Waals surface area (Å²) in [5.74, 6) is -7.31. The Balaban J connectivity index is 1.70. The minimum absolute atomic E-state index is 0.383. The molecule has 4 fully saturated rings. The highest BCUT2D eigenvalue weighted by Gasteiger charge is 2.53. The van der Waals surface area contributed by atoms with E-state index in [0.29, 0.717) is 37.0 Å². The van der Waals surface area contributed by atoms with E-state index >= 15 is 0 Å². The summed E-state index contributed by atoms with van der Waals surface area (Å²) >= 11 is -0.383. The van der Waals surface area contributed by atoms with E-state index in [9.17, 15) is 31.2 Å². The number of sulfone groups is 1. The fraction of sp³-hybridized carbons (Fsp3) is 0.647. The zero-order valence-corrected chi connectivity index (χ0v) is 16.2. The maximum atomic E-state index is 14.4. The molecule has 0 unspecified atom stereocenters. The largest absolute Gasteiger partial charge is 0.691 e. The highest BCUT2D eigenvalue weighted by Crippen LogP contribution is 2.60. The Morgan fingerprint density at radius 1 is 0.929 bits per heavy atom. The van der Waals surface area contributed by atoms with Gasteiger partial charge in [-0.05, 0) is 61.7 Å². The summed E-state index contributed by atoms with van der Waals surface area (Å²) in [6.45, 7) is 0. The average molecular weight is 441 g/mol. The molecular formula is C17H17F4O5S2-. The van der Waals surface area contributed by atoms with Crippen LogP contribution in [0, 0.1) is 46.4 Å². The molecule has 0 radical (unpaired) electrons. The molecule has 0 amide bonds.